The van der Waals surface area contributed by atoms with Crippen molar-refractivity contribution in [3.8, 4) is 11.5 Å². The van der Waals surface area contributed by atoms with E-state index in [9.17, 15) is 9.59 Å². The summed E-state index contributed by atoms with van der Waals surface area (Å²) in [4.78, 5) is 24.0. The Kier molecular flexibility index (Phi) is 6.32. The van der Waals surface area contributed by atoms with Crippen LogP contribution in [0.2, 0.25) is 10.0 Å². The second-order valence-electron chi connectivity index (χ2n) is 4.76. The fraction of sp³-hybridized carbons (Fsp3) is 0.125. The van der Waals surface area contributed by atoms with Crippen molar-refractivity contribution in [2.24, 2.45) is 0 Å². The van der Waals surface area contributed by atoms with Crippen LogP contribution in [-0.2, 0) is 0 Å². The first kappa shape index (κ1) is 18.7. The largest absolute Gasteiger partial charge is 0.497 e. The van der Waals surface area contributed by atoms with E-state index in [-0.39, 0.29) is 5.56 Å². The van der Waals surface area contributed by atoms with Crippen LogP contribution in [0.5, 0.6) is 11.5 Å². The maximum absolute atomic E-state index is 12.1. The van der Waals surface area contributed by atoms with Crippen LogP contribution in [0, 0.1) is 0 Å². The second-order valence-corrected chi connectivity index (χ2v) is 5.58. The van der Waals surface area contributed by atoms with Crippen LogP contribution in [0.1, 0.15) is 10.4 Å². The average Bonchev–Trinajstić information content (AvgIpc) is 2.62. The smallest absolute Gasteiger partial charge is 0.337 e. The molecule has 0 aliphatic rings. The molecular formula is C16H15Cl2N3O4. The number of nitrogens with one attached hydrogen (secondary N) is 3. The molecule has 0 heterocycles. The Bertz CT molecular complexity index is 777. The molecule has 3 N–H and O–H groups in total. The molecular weight excluding hydrogens is 369 g/mol. The number of carbonyl (C=O) groups is 2. The van der Waals surface area contributed by atoms with Gasteiger partial charge in [0.2, 0.25) is 0 Å². The zero-order valence-corrected chi connectivity index (χ0v) is 14.9. The first-order chi connectivity index (χ1) is 11.9. The van der Waals surface area contributed by atoms with Crippen molar-refractivity contribution in [2.75, 3.05) is 19.5 Å². The first-order valence-corrected chi connectivity index (χ1v) is 7.74. The van der Waals surface area contributed by atoms with Gasteiger partial charge in [0.05, 0.1) is 24.3 Å². The highest BCUT2D eigenvalue weighted by Gasteiger charge is 2.11. The SMILES string of the molecule is COc1cc(OC)cc(C(=O)NNC(=O)Nc2ccc(Cl)c(Cl)c2)c1. The Morgan fingerprint density at radius 3 is 2.08 bits per heavy atom. The molecule has 0 saturated heterocycles. The molecule has 0 unspecified atom stereocenters. The summed E-state index contributed by atoms with van der Waals surface area (Å²) in [5, 5.41) is 3.17. The van der Waals surface area contributed by atoms with Crippen molar-refractivity contribution >= 4 is 40.8 Å². The molecule has 0 aliphatic carbocycles. The van der Waals surface area contributed by atoms with Crippen LogP contribution in [0.15, 0.2) is 36.4 Å². The Balaban J connectivity index is 1.97. The van der Waals surface area contributed by atoms with Crippen molar-refractivity contribution < 1.29 is 19.1 Å². The van der Waals surface area contributed by atoms with Crippen molar-refractivity contribution in [1.82, 2.24) is 10.9 Å². The van der Waals surface area contributed by atoms with Crippen LogP contribution >= 0.6 is 23.2 Å². The van der Waals surface area contributed by atoms with Gasteiger partial charge in [0, 0.05) is 17.3 Å². The third-order valence-corrected chi connectivity index (χ3v) is 3.82. The summed E-state index contributed by atoms with van der Waals surface area (Å²) in [6.45, 7) is 0. The van der Waals surface area contributed by atoms with Crippen molar-refractivity contribution in [3.63, 3.8) is 0 Å². The molecule has 0 spiro atoms. The molecule has 9 heteroatoms. The zero-order valence-electron chi connectivity index (χ0n) is 13.4. The van der Waals surface area contributed by atoms with E-state index in [1.54, 1.807) is 18.2 Å². The summed E-state index contributed by atoms with van der Waals surface area (Å²) in [7, 11) is 2.94. The van der Waals surface area contributed by atoms with Gasteiger partial charge in [0.15, 0.2) is 0 Å². The number of carbonyl (C=O) groups excluding carboxylic acids is 2. The van der Waals surface area contributed by atoms with E-state index >= 15 is 0 Å². The Hall–Kier alpha value is -2.64. The van der Waals surface area contributed by atoms with Crippen LogP contribution < -0.4 is 25.6 Å². The number of methoxy groups -OCH3 is 2. The quantitative estimate of drug-likeness (QED) is 0.705. The van der Waals surface area contributed by atoms with Gasteiger partial charge in [0.25, 0.3) is 5.91 Å². The van der Waals surface area contributed by atoms with E-state index in [0.717, 1.165) is 0 Å². The van der Waals surface area contributed by atoms with E-state index in [4.69, 9.17) is 32.7 Å². The van der Waals surface area contributed by atoms with Crippen LogP contribution in [0.4, 0.5) is 10.5 Å². The summed E-state index contributed by atoms with van der Waals surface area (Å²) in [5.41, 5.74) is 5.18. The molecule has 0 aromatic heterocycles. The van der Waals surface area contributed by atoms with E-state index in [1.165, 1.54) is 32.4 Å². The monoisotopic (exact) mass is 383 g/mol. The molecule has 0 aliphatic heterocycles. The number of hydrazine groups is 1. The van der Waals surface area contributed by atoms with Gasteiger partial charge in [0.1, 0.15) is 11.5 Å². The minimum atomic E-state index is -0.651. The van der Waals surface area contributed by atoms with Gasteiger partial charge in [-0.05, 0) is 30.3 Å². The Morgan fingerprint density at radius 1 is 0.880 bits per heavy atom. The number of ether oxygens (including phenoxy) is 2. The van der Waals surface area contributed by atoms with Gasteiger partial charge in [-0.3, -0.25) is 10.2 Å². The van der Waals surface area contributed by atoms with E-state index in [1.807, 2.05) is 0 Å². The number of urea groups is 1. The van der Waals surface area contributed by atoms with Crippen molar-refractivity contribution in [2.45, 2.75) is 0 Å². The number of hydrogen-bond donors (Lipinski definition) is 3. The predicted octanol–water partition coefficient (Wildman–Crippen LogP) is 3.48. The van der Waals surface area contributed by atoms with Gasteiger partial charge in [-0.25, -0.2) is 10.2 Å². The summed E-state index contributed by atoms with van der Waals surface area (Å²) < 4.78 is 10.2. The summed E-state index contributed by atoms with van der Waals surface area (Å²) >= 11 is 11.7. The molecule has 0 saturated carbocycles. The van der Waals surface area contributed by atoms with Gasteiger partial charge in [-0.15, -0.1) is 0 Å². The molecule has 3 amide bonds. The lowest BCUT2D eigenvalue weighted by Gasteiger charge is -2.11. The first-order valence-electron chi connectivity index (χ1n) is 6.98. The Labute approximate surface area is 154 Å². The average molecular weight is 384 g/mol. The van der Waals surface area contributed by atoms with Gasteiger partial charge >= 0.3 is 6.03 Å². The molecule has 7 nitrogen and oxygen atoms in total. The molecule has 0 radical (unpaired) electrons. The minimum Gasteiger partial charge on any atom is -0.497 e. The number of rotatable bonds is 4. The highest BCUT2D eigenvalue weighted by atomic mass is 35.5. The number of anilines is 1. The lowest BCUT2D eigenvalue weighted by atomic mass is 10.2. The summed E-state index contributed by atoms with van der Waals surface area (Å²) in [6, 6.07) is 8.59. The fourth-order valence-electron chi connectivity index (χ4n) is 1.86. The molecule has 0 bridgehead atoms. The van der Waals surface area contributed by atoms with Crippen molar-refractivity contribution in [1.29, 1.82) is 0 Å². The number of halogens is 2. The maximum Gasteiger partial charge on any atom is 0.337 e. The van der Waals surface area contributed by atoms with Gasteiger partial charge in [-0.2, -0.15) is 0 Å². The van der Waals surface area contributed by atoms with Crippen molar-refractivity contribution in [3.05, 3.63) is 52.0 Å². The van der Waals surface area contributed by atoms with Crippen LogP contribution in [0.25, 0.3) is 0 Å². The molecule has 0 atom stereocenters. The lowest BCUT2D eigenvalue weighted by Crippen LogP contribution is -2.43. The van der Waals surface area contributed by atoms with E-state index in [2.05, 4.69) is 16.2 Å². The number of hydrogen-bond acceptors (Lipinski definition) is 4. The number of amides is 3. The van der Waals surface area contributed by atoms with E-state index in [0.29, 0.717) is 27.2 Å². The summed E-state index contributed by atoms with van der Waals surface area (Å²) in [5.74, 6) is 0.357. The molecule has 2 aromatic rings. The highest BCUT2D eigenvalue weighted by molar-refractivity contribution is 6.42. The third-order valence-electron chi connectivity index (χ3n) is 3.08. The lowest BCUT2D eigenvalue weighted by molar-refractivity contribution is 0.0937. The van der Waals surface area contributed by atoms with E-state index < -0.39 is 11.9 Å². The second kappa shape index (κ2) is 8.46. The molecule has 2 rings (SSSR count). The van der Waals surface area contributed by atoms with Crippen LogP contribution in [-0.4, -0.2) is 26.2 Å². The molecule has 2 aromatic carbocycles. The topological polar surface area (TPSA) is 88.7 Å². The van der Waals surface area contributed by atoms with Crippen LogP contribution in [0.3, 0.4) is 0 Å². The molecule has 0 fully saturated rings. The summed E-state index contributed by atoms with van der Waals surface area (Å²) in [6.07, 6.45) is 0. The predicted molar refractivity (Wildman–Crippen MR) is 95.6 cm³/mol. The zero-order chi connectivity index (χ0) is 18.4. The minimum absolute atomic E-state index is 0.256. The third kappa shape index (κ3) is 5.17. The molecule has 132 valence electrons. The normalized spacial score (nSPS) is 9.92. The number of benzene rings is 2. The maximum atomic E-state index is 12.1. The highest BCUT2D eigenvalue weighted by Crippen LogP contribution is 2.25. The van der Waals surface area contributed by atoms with Gasteiger partial charge < -0.3 is 14.8 Å². The Morgan fingerprint density at radius 2 is 1.52 bits per heavy atom. The standard InChI is InChI=1S/C16H15Cl2N3O4/c1-24-11-5-9(6-12(8-11)25-2)15(22)20-21-16(23)19-10-3-4-13(17)14(18)7-10/h3-8H,1-2H3,(H,20,22)(H2,19,21,23). The fourth-order valence-corrected chi connectivity index (χ4v) is 2.16. The van der Waals surface area contributed by atoms with Gasteiger partial charge in [-0.1, -0.05) is 23.2 Å². The molecule has 25 heavy (non-hydrogen) atoms.